The number of aliphatic imine (C=N–C) groups is 1. The number of methoxy groups -OCH3 is 2. The highest BCUT2D eigenvalue weighted by molar-refractivity contribution is 6.76. The zero-order chi connectivity index (χ0) is 46.1. The predicted octanol–water partition coefficient (Wildman–Crippen LogP) is 8.50. The van der Waals surface area contributed by atoms with E-state index in [4.69, 9.17) is 28.4 Å². The smallest absolute Gasteiger partial charge is 0.408 e. The van der Waals surface area contributed by atoms with Crippen LogP contribution >= 0.6 is 0 Å². The van der Waals surface area contributed by atoms with Gasteiger partial charge in [-0.1, -0.05) is 98.5 Å². The molecule has 15 heteroatoms. The fourth-order valence-corrected chi connectivity index (χ4v) is 6.97. The summed E-state index contributed by atoms with van der Waals surface area (Å²) in [6.45, 7) is 8.45. The zero-order valence-corrected chi connectivity index (χ0v) is 37.9. The molecule has 64 heavy (non-hydrogen) atoms. The van der Waals surface area contributed by atoms with E-state index >= 15 is 0 Å². The molecule has 3 atom stereocenters. The maximum atomic E-state index is 14.2. The van der Waals surface area contributed by atoms with Crippen LogP contribution in [0.15, 0.2) is 126 Å². The van der Waals surface area contributed by atoms with E-state index in [9.17, 15) is 24.3 Å². The number of aromatic hydroxyl groups is 1. The average molecular weight is 890 g/mol. The molecule has 5 aromatic carbocycles. The number of benzene rings is 5. The molecule has 0 bridgehead atoms. The second-order valence-electron chi connectivity index (χ2n) is 15.8. The van der Waals surface area contributed by atoms with Crippen LogP contribution in [0.1, 0.15) is 46.8 Å². The minimum atomic E-state index is -1.50. The molecular weight excluding hydrogens is 835 g/mol. The Labute approximate surface area is 374 Å². The lowest BCUT2D eigenvalue weighted by molar-refractivity contribution is -0.148. The Bertz CT molecular complexity index is 2350. The summed E-state index contributed by atoms with van der Waals surface area (Å²) in [5.74, 6) is -1.06. The van der Waals surface area contributed by atoms with Crippen molar-refractivity contribution in [2.24, 2.45) is 4.99 Å². The molecule has 0 saturated heterocycles. The Morgan fingerprint density at radius 3 is 2.05 bits per heavy atom. The number of nitrogens with one attached hydrogen (secondary N) is 2. The first-order valence-corrected chi connectivity index (χ1v) is 24.5. The quantitative estimate of drug-likeness (QED) is 0.0278. The number of nitrogens with zero attached hydrogens (tertiary/aromatic N) is 1. The summed E-state index contributed by atoms with van der Waals surface area (Å²) in [7, 11) is 1.40. The molecule has 5 rings (SSSR count). The summed E-state index contributed by atoms with van der Waals surface area (Å²) in [6.07, 6.45) is 0.732. The third-order valence-electron chi connectivity index (χ3n) is 9.70. The molecule has 0 aliphatic heterocycles. The Hall–Kier alpha value is -7.13. The zero-order valence-electron chi connectivity index (χ0n) is 36.9. The van der Waals surface area contributed by atoms with Crippen molar-refractivity contribution < 1.29 is 52.7 Å². The number of amides is 2. The number of ether oxygens (including phenoxy) is 6. The van der Waals surface area contributed by atoms with Crippen LogP contribution in [0, 0.1) is 0 Å². The number of phenolic OH excluding ortho intramolecular Hbond substituents is 1. The molecule has 0 fully saturated rings. The van der Waals surface area contributed by atoms with Gasteiger partial charge in [0.25, 0.3) is 0 Å². The van der Waals surface area contributed by atoms with Gasteiger partial charge in [-0.05, 0) is 77.2 Å². The first-order chi connectivity index (χ1) is 30.7. The minimum Gasteiger partial charge on any atom is -0.508 e. The number of hydrogen-bond acceptors (Lipinski definition) is 12. The molecule has 0 radical (unpaired) electrons. The van der Waals surface area contributed by atoms with Gasteiger partial charge < -0.3 is 44.2 Å². The van der Waals surface area contributed by atoms with Crippen molar-refractivity contribution in [3.05, 3.63) is 149 Å². The molecule has 2 amide bonds. The van der Waals surface area contributed by atoms with E-state index < -0.39 is 50.1 Å². The van der Waals surface area contributed by atoms with Gasteiger partial charge in [0.1, 0.15) is 29.9 Å². The van der Waals surface area contributed by atoms with Crippen molar-refractivity contribution in [3.8, 4) is 28.7 Å². The minimum absolute atomic E-state index is 0.00197. The predicted molar refractivity (Wildman–Crippen MR) is 245 cm³/mol. The molecule has 0 aliphatic rings. The van der Waals surface area contributed by atoms with Crippen LogP contribution in [-0.4, -0.2) is 76.8 Å². The molecule has 0 aliphatic carbocycles. The number of carbonyl (C=O) groups is 4. The molecule has 0 spiro atoms. The van der Waals surface area contributed by atoms with Crippen molar-refractivity contribution in [2.75, 3.05) is 27.4 Å². The van der Waals surface area contributed by atoms with E-state index in [1.54, 1.807) is 67.7 Å². The van der Waals surface area contributed by atoms with Gasteiger partial charge >= 0.3 is 18.0 Å². The molecule has 5 aromatic rings. The Morgan fingerprint density at radius 2 is 1.39 bits per heavy atom. The molecule has 0 unspecified atom stereocenters. The van der Waals surface area contributed by atoms with Gasteiger partial charge in [-0.2, -0.15) is 0 Å². The summed E-state index contributed by atoms with van der Waals surface area (Å²) in [5.41, 5.74) is 2.84. The standard InChI is InChI=1S/C49H55N3O11Si/c1-7-60-48(56)45(52-46(54)41(26-33-18-21-38(53)22-19-33)51-49(57)62-32-35-16-12-9-13-17-35)37-27-39(58-2)30-40(28-37)63-43-29-36(20-23-42(43)59-3)44(47(55)61-24-25-64(4,5)6)50-31-34-14-10-8-11-15-34/h8-23,27-31,41,44-45,53H,7,24-26,32H2,1-6H3,(H,51,57)(H,52,54)/t41-,44-,45+/m1/s1. The highest BCUT2D eigenvalue weighted by Gasteiger charge is 2.31. The Morgan fingerprint density at radius 1 is 0.703 bits per heavy atom. The largest absolute Gasteiger partial charge is 0.508 e. The van der Waals surface area contributed by atoms with E-state index in [0.717, 1.165) is 17.2 Å². The fourth-order valence-electron chi connectivity index (χ4n) is 6.26. The van der Waals surface area contributed by atoms with Gasteiger partial charge in [0.05, 0.1) is 27.4 Å². The van der Waals surface area contributed by atoms with Crippen LogP contribution in [0.25, 0.3) is 0 Å². The average Bonchev–Trinajstić information content (AvgIpc) is 3.28. The third-order valence-corrected chi connectivity index (χ3v) is 11.4. The van der Waals surface area contributed by atoms with Crippen LogP contribution in [0.3, 0.4) is 0 Å². The topological polar surface area (TPSA) is 180 Å². The van der Waals surface area contributed by atoms with E-state index in [-0.39, 0.29) is 54.8 Å². The number of carbonyl (C=O) groups excluding carboxylic acids is 4. The number of rotatable bonds is 21. The molecular formula is C49H55N3O11Si. The van der Waals surface area contributed by atoms with Crippen molar-refractivity contribution in [2.45, 2.75) is 63.8 Å². The number of phenols is 1. The summed E-state index contributed by atoms with van der Waals surface area (Å²) < 4.78 is 34.3. The van der Waals surface area contributed by atoms with Crippen LogP contribution in [0.5, 0.6) is 28.7 Å². The van der Waals surface area contributed by atoms with Gasteiger partial charge in [-0.25, -0.2) is 14.4 Å². The maximum Gasteiger partial charge on any atom is 0.408 e. The second kappa shape index (κ2) is 23.4. The normalized spacial score (nSPS) is 12.6. The SMILES string of the molecule is CCOC(=O)[C@@H](NC(=O)[C@@H](Cc1ccc(O)cc1)NC(=O)OCc1ccccc1)c1cc(OC)cc(Oc2cc([C@@H](N=Cc3ccccc3)C(=O)OCC[Si](C)(C)C)ccc2OC)c1. The molecule has 0 saturated carbocycles. The number of esters is 2. The fraction of sp³-hybridized carbons (Fsp3) is 0.286. The summed E-state index contributed by atoms with van der Waals surface area (Å²) in [5, 5.41) is 15.2. The van der Waals surface area contributed by atoms with Crippen molar-refractivity contribution in [3.63, 3.8) is 0 Å². The van der Waals surface area contributed by atoms with Crippen LogP contribution in [0.2, 0.25) is 25.7 Å². The lowest BCUT2D eigenvalue weighted by Gasteiger charge is -2.24. The first-order valence-electron chi connectivity index (χ1n) is 20.8. The monoisotopic (exact) mass is 889 g/mol. The number of alkyl carbamates (subject to hydrolysis) is 1. The molecule has 3 N–H and O–H groups in total. The van der Waals surface area contributed by atoms with Gasteiger partial charge in [-0.3, -0.25) is 9.79 Å². The van der Waals surface area contributed by atoms with E-state index in [1.807, 2.05) is 48.5 Å². The van der Waals surface area contributed by atoms with Crippen molar-refractivity contribution in [1.29, 1.82) is 0 Å². The lowest BCUT2D eigenvalue weighted by Crippen LogP contribution is -2.50. The first kappa shape index (κ1) is 47.9. The van der Waals surface area contributed by atoms with Gasteiger partial charge in [0.15, 0.2) is 23.6 Å². The molecule has 336 valence electrons. The number of hydrogen-bond donors (Lipinski definition) is 3. The Kier molecular flexibility index (Phi) is 17.5. The molecule has 0 heterocycles. The third kappa shape index (κ3) is 14.8. The van der Waals surface area contributed by atoms with Crippen molar-refractivity contribution >= 4 is 38.2 Å². The van der Waals surface area contributed by atoms with Crippen LogP contribution < -0.4 is 24.8 Å². The maximum absolute atomic E-state index is 14.2. The van der Waals surface area contributed by atoms with E-state index in [1.165, 1.54) is 32.4 Å². The summed E-state index contributed by atoms with van der Waals surface area (Å²) in [4.78, 5) is 59.3. The second-order valence-corrected chi connectivity index (χ2v) is 21.5. The van der Waals surface area contributed by atoms with Gasteiger partial charge in [-0.15, -0.1) is 0 Å². The summed E-state index contributed by atoms with van der Waals surface area (Å²) in [6, 6.07) is 31.3. The van der Waals surface area contributed by atoms with Gasteiger partial charge in [0.2, 0.25) is 5.91 Å². The van der Waals surface area contributed by atoms with Gasteiger partial charge in [0, 0.05) is 26.8 Å². The molecule has 0 aromatic heterocycles. The molecule has 14 nitrogen and oxygen atoms in total. The highest BCUT2D eigenvalue weighted by atomic mass is 28.3. The highest BCUT2D eigenvalue weighted by Crippen LogP contribution is 2.38. The summed E-state index contributed by atoms with van der Waals surface area (Å²) >= 11 is 0. The Balaban J connectivity index is 1.46. The lowest BCUT2D eigenvalue weighted by atomic mass is 10.0. The van der Waals surface area contributed by atoms with E-state index in [2.05, 4.69) is 35.3 Å². The van der Waals surface area contributed by atoms with Crippen LogP contribution in [-0.2, 0) is 41.6 Å². The van der Waals surface area contributed by atoms with Crippen LogP contribution in [0.4, 0.5) is 4.79 Å². The van der Waals surface area contributed by atoms with Crippen molar-refractivity contribution in [1.82, 2.24) is 10.6 Å². The van der Waals surface area contributed by atoms with E-state index in [0.29, 0.717) is 16.9 Å².